The third kappa shape index (κ3) is 5.01. The number of hydrogen-bond acceptors (Lipinski definition) is 4. The second-order valence-corrected chi connectivity index (χ2v) is 5.25. The number of thiocarbonyl (C=S) groups is 1. The molecule has 0 amide bonds. The van der Waals surface area contributed by atoms with Gasteiger partial charge in [0.1, 0.15) is 0 Å². The van der Waals surface area contributed by atoms with E-state index < -0.39 is 4.92 Å². The lowest BCUT2D eigenvalue weighted by Crippen LogP contribution is -2.36. The maximum Gasteiger partial charge on any atom is 0.269 e. The first-order valence-corrected chi connectivity index (χ1v) is 7.46. The number of anilines is 1. The summed E-state index contributed by atoms with van der Waals surface area (Å²) in [6, 6.07) is 15.8. The highest BCUT2D eigenvalue weighted by molar-refractivity contribution is 7.80. The van der Waals surface area contributed by atoms with Gasteiger partial charge < -0.3 is 15.3 Å². The molecule has 0 saturated carbocycles. The van der Waals surface area contributed by atoms with Crippen molar-refractivity contribution in [2.24, 2.45) is 0 Å². The number of aliphatic hydroxyl groups excluding tert-OH is 1. The lowest BCUT2D eigenvalue weighted by atomic mass is 10.2. The van der Waals surface area contributed by atoms with Gasteiger partial charge in [0.15, 0.2) is 5.11 Å². The molecule has 120 valence electrons. The first kappa shape index (κ1) is 16.9. The van der Waals surface area contributed by atoms with E-state index in [1.807, 2.05) is 35.2 Å². The van der Waals surface area contributed by atoms with Crippen LogP contribution in [0.3, 0.4) is 0 Å². The molecule has 2 aromatic carbocycles. The molecular weight excluding hydrogens is 314 g/mol. The second kappa shape index (κ2) is 8.21. The zero-order valence-corrected chi connectivity index (χ0v) is 13.2. The average Bonchev–Trinajstić information content (AvgIpc) is 2.56. The number of nitrogens with one attached hydrogen (secondary N) is 1. The molecule has 0 aliphatic rings. The summed E-state index contributed by atoms with van der Waals surface area (Å²) in [5, 5.41) is 23.4. The smallest absolute Gasteiger partial charge is 0.269 e. The lowest BCUT2D eigenvalue weighted by Gasteiger charge is -2.25. The van der Waals surface area contributed by atoms with Gasteiger partial charge in [-0.3, -0.25) is 10.1 Å². The molecule has 2 aromatic rings. The molecule has 2 rings (SSSR count). The largest absolute Gasteiger partial charge is 0.395 e. The molecule has 0 radical (unpaired) electrons. The molecular formula is C16H17N3O3S. The highest BCUT2D eigenvalue weighted by Crippen LogP contribution is 2.16. The summed E-state index contributed by atoms with van der Waals surface area (Å²) in [7, 11) is 0. The van der Waals surface area contributed by atoms with E-state index in [4.69, 9.17) is 12.2 Å². The van der Waals surface area contributed by atoms with Crippen molar-refractivity contribution in [2.75, 3.05) is 18.5 Å². The Morgan fingerprint density at radius 1 is 1.17 bits per heavy atom. The number of nitro groups is 1. The van der Waals surface area contributed by atoms with E-state index in [1.54, 1.807) is 12.1 Å². The Labute approximate surface area is 139 Å². The van der Waals surface area contributed by atoms with Crippen molar-refractivity contribution >= 4 is 28.7 Å². The van der Waals surface area contributed by atoms with Crippen LogP contribution in [0.15, 0.2) is 54.6 Å². The van der Waals surface area contributed by atoms with Crippen molar-refractivity contribution in [1.82, 2.24) is 4.90 Å². The number of nitro benzene ring substituents is 1. The van der Waals surface area contributed by atoms with Gasteiger partial charge in [-0.2, -0.15) is 0 Å². The van der Waals surface area contributed by atoms with Gasteiger partial charge >= 0.3 is 0 Å². The van der Waals surface area contributed by atoms with Crippen LogP contribution in [-0.2, 0) is 6.54 Å². The summed E-state index contributed by atoms with van der Waals surface area (Å²) in [5.41, 5.74) is 1.77. The average molecular weight is 331 g/mol. The lowest BCUT2D eigenvalue weighted by molar-refractivity contribution is -0.384. The van der Waals surface area contributed by atoms with Crippen molar-refractivity contribution in [1.29, 1.82) is 0 Å². The van der Waals surface area contributed by atoms with Gasteiger partial charge in [0.25, 0.3) is 5.69 Å². The van der Waals surface area contributed by atoms with Crippen LogP contribution in [0, 0.1) is 10.1 Å². The maximum atomic E-state index is 10.7. The van der Waals surface area contributed by atoms with E-state index in [1.165, 1.54) is 12.1 Å². The Kier molecular flexibility index (Phi) is 6.02. The zero-order valence-electron chi connectivity index (χ0n) is 12.4. The van der Waals surface area contributed by atoms with Crippen molar-refractivity contribution in [3.05, 3.63) is 70.3 Å². The fourth-order valence-electron chi connectivity index (χ4n) is 2.05. The van der Waals surface area contributed by atoms with Gasteiger partial charge in [0, 0.05) is 30.9 Å². The molecule has 0 fully saturated rings. The summed E-state index contributed by atoms with van der Waals surface area (Å²) in [6.07, 6.45) is 0. The highest BCUT2D eigenvalue weighted by atomic mass is 32.1. The molecule has 0 saturated heterocycles. The summed E-state index contributed by atoms with van der Waals surface area (Å²) in [4.78, 5) is 12.0. The van der Waals surface area contributed by atoms with E-state index in [9.17, 15) is 15.2 Å². The highest BCUT2D eigenvalue weighted by Gasteiger charge is 2.11. The zero-order chi connectivity index (χ0) is 16.7. The molecule has 0 atom stereocenters. The minimum Gasteiger partial charge on any atom is -0.395 e. The number of nitrogens with zero attached hydrogens (tertiary/aromatic N) is 2. The number of rotatable bonds is 6. The van der Waals surface area contributed by atoms with E-state index in [-0.39, 0.29) is 12.3 Å². The fourth-order valence-corrected chi connectivity index (χ4v) is 2.32. The standard InChI is InChI=1S/C16H17N3O3S/c20-11-10-18(12-13-4-2-1-3-5-13)16(23)17-14-6-8-15(9-7-14)19(21)22/h1-9,20H,10-12H2,(H,17,23). The van der Waals surface area contributed by atoms with Crippen LogP contribution >= 0.6 is 12.2 Å². The van der Waals surface area contributed by atoms with E-state index in [2.05, 4.69) is 5.32 Å². The summed E-state index contributed by atoms with van der Waals surface area (Å²) < 4.78 is 0. The number of benzene rings is 2. The minimum atomic E-state index is -0.449. The topological polar surface area (TPSA) is 78.6 Å². The monoisotopic (exact) mass is 331 g/mol. The van der Waals surface area contributed by atoms with Crippen LogP contribution in [0.25, 0.3) is 0 Å². The van der Waals surface area contributed by atoms with Crippen molar-refractivity contribution < 1.29 is 10.0 Å². The first-order valence-electron chi connectivity index (χ1n) is 7.05. The van der Waals surface area contributed by atoms with Crippen LogP contribution in [0.2, 0.25) is 0 Å². The van der Waals surface area contributed by atoms with Gasteiger partial charge in [-0.25, -0.2) is 0 Å². The molecule has 0 aromatic heterocycles. The van der Waals surface area contributed by atoms with Crippen molar-refractivity contribution in [3.8, 4) is 0 Å². The summed E-state index contributed by atoms with van der Waals surface area (Å²) in [6.45, 7) is 0.947. The predicted octanol–water partition coefficient (Wildman–Crippen LogP) is 2.79. The van der Waals surface area contributed by atoms with Crippen molar-refractivity contribution in [3.63, 3.8) is 0 Å². The first-order chi connectivity index (χ1) is 11.1. The molecule has 0 aliphatic heterocycles. The molecule has 0 heterocycles. The van der Waals surface area contributed by atoms with E-state index >= 15 is 0 Å². The molecule has 0 spiro atoms. The molecule has 0 bridgehead atoms. The van der Waals surface area contributed by atoms with Crippen LogP contribution in [0.1, 0.15) is 5.56 Å². The summed E-state index contributed by atoms with van der Waals surface area (Å²) >= 11 is 5.38. The van der Waals surface area contributed by atoms with Gasteiger partial charge in [-0.05, 0) is 29.9 Å². The van der Waals surface area contributed by atoms with Crippen LogP contribution in [-0.4, -0.2) is 33.2 Å². The predicted molar refractivity (Wildman–Crippen MR) is 93.3 cm³/mol. The Morgan fingerprint density at radius 3 is 2.39 bits per heavy atom. The Bertz CT molecular complexity index is 662. The van der Waals surface area contributed by atoms with Gasteiger partial charge in [0.2, 0.25) is 0 Å². The second-order valence-electron chi connectivity index (χ2n) is 4.86. The molecule has 7 heteroatoms. The minimum absolute atomic E-state index is 0.0189. The molecule has 6 nitrogen and oxygen atoms in total. The number of non-ortho nitro benzene ring substituents is 1. The van der Waals surface area contributed by atoms with Crippen molar-refractivity contribution in [2.45, 2.75) is 6.54 Å². The Hall–Kier alpha value is -2.51. The summed E-state index contributed by atoms with van der Waals surface area (Å²) in [5.74, 6) is 0. The fraction of sp³-hybridized carbons (Fsp3) is 0.188. The van der Waals surface area contributed by atoms with E-state index in [0.717, 1.165) is 5.56 Å². The third-order valence-electron chi connectivity index (χ3n) is 3.20. The van der Waals surface area contributed by atoms with Crippen LogP contribution in [0.4, 0.5) is 11.4 Å². The Balaban J connectivity index is 2.04. The third-order valence-corrected chi connectivity index (χ3v) is 3.56. The quantitative estimate of drug-likeness (QED) is 0.481. The van der Waals surface area contributed by atoms with E-state index in [0.29, 0.717) is 23.9 Å². The van der Waals surface area contributed by atoms with Crippen LogP contribution in [0.5, 0.6) is 0 Å². The molecule has 0 aliphatic carbocycles. The van der Waals surface area contributed by atoms with Gasteiger partial charge in [0.05, 0.1) is 11.5 Å². The maximum absolute atomic E-state index is 10.7. The van der Waals surface area contributed by atoms with Gasteiger partial charge in [-0.1, -0.05) is 30.3 Å². The number of aliphatic hydroxyl groups is 1. The Morgan fingerprint density at radius 2 is 1.83 bits per heavy atom. The molecule has 0 unspecified atom stereocenters. The van der Waals surface area contributed by atoms with Gasteiger partial charge in [-0.15, -0.1) is 0 Å². The normalized spacial score (nSPS) is 10.1. The van der Waals surface area contributed by atoms with Crippen LogP contribution < -0.4 is 5.32 Å². The number of hydrogen-bond donors (Lipinski definition) is 2. The molecule has 2 N–H and O–H groups in total. The molecule has 23 heavy (non-hydrogen) atoms. The SMILES string of the molecule is O=[N+]([O-])c1ccc(NC(=S)N(CCO)Cc2ccccc2)cc1.